The average Bonchev–Trinajstić information content (AvgIpc) is 1.99. The van der Waals surface area contributed by atoms with E-state index in [-0.39, 0.29) is 10.3 Å². The van der Waals surface area contributed by atoms with Crippen molar-refractivity contribution in [3.05, 3.63) is 32.4 Å². The van der Waals surface area contributed by atoms with Crippen LogP contribution in [0.25, 0.3) is 0 Å². The van der Waals surface area contributed by atoms with Crippen LogP contribution in [0.5, 0.6) is 0 Å². The molecule has 1 N–H and O–H groups in total. The molecule has 9 heteroatoms. The van der Waals surface area contributed by atoms with Crippen molar-refractivity contribution in [1.82, 2.24) is 4.98 Å². The number of aromatic nitrogens is 1. The summed E-state index contributed by atoms with van der Waals surface area (Å²) in [5.41, 5.74) is 0.649. The molecule has 0 aliphatic heterocycles. The zero-order valence-corrected chi connectivity index (χ0v) is 8.46. The van der Waals surface area contributed by atoms with Crippen molar-refractivity contribution >= 4 is 21.7 Å². The van der Waals surface area contributed by atoms with E-state index in [1.165, 1.54) is 0 Å². The molecule has 1 aromatic heterocycles. The predicted molar refractivity (Wildman–Crippen MR) is 47.6 cm³/mol. The van der Waals surface area contributed by atoms with E-state index < -0.39 is 16.8 Å². The van der Waals surface area contributed by atoms with E-state index in [0.717, 1.165) is 6.07 Å². The van der Waals surface area contributed by atoms with Crippen LogP contribution in [0.4, 0.5) is 19.0 Å². The van der Waals surface area contributed by atoms with Gasteiger partial charge in [0.25, 0.3) is 0 Å². The van der Waals surface area contributed by atoms with Crippen LogP contribution in [0.2, 0.25) is 0 Å². The summed E-state index contributed by atoms with van der Waals surface area (Å²) in [6.45, 7) is 0. The van der Waals surface area contributed by atoms with Gasteiger partial charge < -0.3 is 0 Å². The second-order valence-electron chi connectivity index (χ2n) is 2.42. The molecule has 0 aliphatic carbocycles. The van der Waals surface area contributed by atoms with Crippen LogP contribution in [-0.4, -0.2) is 10.0 Å². The van der Waals surface area contributed by atoms with Crippen LogP contribution in [0, 0.1) is 10.1 Å². The Labute approximate surface area is 89.6 Å². The number of nitrogens with one attached hydrogen (secondary N) is 1. The molecule has 0 fully saturated rings. The maximum absolute atomic E-state index is 12.2. The molecule has 0 radical (unpaired) electrons. The van der Waals surface area contributed by atoms with Crippen molar-refractivity contribution in [3.63, 3.8) is 0 Å². The van der Waals surface area contributed by atoms with Gasteiger partial charge in [-0.25, -0.2) is 15.1 Å². The number of nitro groups is 1. The lowest BCUT2D eigenvalue weighted by Crippen LogP contribution is -2.11. The van der Waals surface area contributed by atoms with Gasteiger partial charge in [0.15, 0.2) is 10.9 Å². The minimum absolute atomic E-state index is 0.278. The molecule has 0 amide bonds. The third-order valence-corrected chi connectivity index (χ3v) is 2.02. The fraction of sp³-hybridized carbons (Fsp3) is 0.167. The summed E-state index contributed by atoms with van der Waals surface area (Å²) in [5, 5.41) is 9.06. The highest BCUT2D eigenvalue weighted by atomic mass is 79.9. The molecule has 1 heterocycles. The molecule has 1 aromatic rings. The van der Waals surface area contributed by atoms with Gasteiger partial charge in [-0.3, -0.25) is 0 Å². The molecule has 0 atom stereocenters. The standard InChI is InChI=1S/C6H3BrF3N3O2/c7-4-1-5(12-13(14)15)11-2-3(4)6(8,9)10/h1-2H,(H,11,12). The fourth-order valence-electron chi connectivity index (χ4n) is 0.794. The third-order valence-electron chi connectivity index (χ3n) is 1.36. The number of hydrogen-bond donors (Lipinski definition) is 1. The Balaban J connectivity index is 3.04. The number of halogens is 4. The largest absolute Gasteiger partial charge is 0.418 e. The van der Waals surface area contributed by atoms with Crippen LogP contribution >= 0.6 is 15.9 Å². The Kier molecular flexibility index (Phi) is 3.12. The van der Waals surface area contributed by atoms with E-state index in [1.54, 1.807) is 5.43 Å². The summed E-state index contributed by atoms with van der Waals surface area (Å²) in [7, 11) is 0. The highest BCUT2D eigenvalue weighted by Crippen LogP contribution is 2.34. The van der Waals surface area contributed by atoms with E-state index >= 15 is 0 Å². The maximum Gasteiger partial charge on any atom is 0.418 e. The maximum atomic E-state index is 12.2. The molecule has 15 heavy (non-hydrogen) atoms. The van der Waals surface area contributed by atoms with E-state index in [0.29, 0.717) is 6.20 Å². The van der Waals surface area contributed by atoms with E-state index in [1.807, 2.05) is 0 Å². The van der Waals surface area contributed by atoms with Gasteiger partial charge in [0, 0.05) is 16.7 Å². The van der Waals surface area contributed by atoms with Gasteiger partial charge in [-0.2, -0.15) is 13.2 Å². The molecule has 5 nitrogen and oxygen atoms in total. The number of nitrogens with zero attached hydrogens (tertiary/aromatic N) is 2. The van der Waals surface area contributed by atoms with E-state index in [9.17, 15) is 23.3 Å². The molecule has 0 saturated carbocycles. The number of pyridine rings is 1. The van der Waals surface area contributed by atoms with Gasteiger partial charge in [0.2, 0.25) is 0 Å². The van der Waals surface area contributed by atoms with Gasteiger partial charge >= 0.3 is 6.18 Å². The monoisotopic (exact) mass is 285 g/mol. The average molecular weight is 286 g/mol. The highest BCUT2D eigenvalue weighted by Gasteiger charge is 2.33. The molecule has 82 valence electrons. The molecular weight excluding hydrogens is 283 g/mol. The first kappa shape index (κ1) is 11.7. The molecule has 0 saturated heterocycles. The van der Waals surface area contributed by atoms with Crippen LogP contribution < -0.4 is 5.43 Å². The van der Waals surface area contributed by atoms with Crippen molar-refractivity contribution in [3.8, 4) is 0 Å². The molecule has 0 aliphatic rings. The Morgan fingerprint density at radius 1 is 1.53 bits per heavy atom. The first-order valence-electron chi connectivity index (χ1n) is 3.44. The van der Waals surface area contributed by atoms with Crippen LogP contribution in [0.3, 0.4) is 0 Å². The Bertz CT molecular complexity index is 396. The topological polar surface area (TPSA) is 68.1 Å². The quantitative estimate of drug-likeness (QED) is 0.669. The van der Waals surface area contributed by atoms with Crippen molar-refractivity contribution < 1.29 is 18.2 Å². The van der Waals surface area contributed by atoms with Gasteiger partial charge in [0.05, 0.1) is 5.56 Å². The van der Waals surface area contributed by atoms with Gasteiger partial charge in [-0.15, -0.1) is 0 Å². The van der Waals surface area contributed by atoms with Gasteiger partial charge in [0.1, 0.15) is 0 Å². The third kappa shape index (κ3) is 3.05. The van der Waals surface area contributed by atoms with Crippen LogP contribution in [0.15, 0.2) is 16.7 Å². The van der Waals surface area contributed by atoms with E-state index in [4.69, 9.17) is 0 Å². The summed E-state index contributed by atoms with van der Waals surface area (Å²) >= 11 is 2.65. The summed E-state index contributed by atoms with van der Waals surface area (Å²) in [6, 6.07) is 0.881. The molecule has 0 aromatic carbocycles. The van der Waals surface area contributed by atoms with Gasteiger partial charge in [-0.05, 0) is 15.9 Å². The fourth-order valence-corrected chi connectivity index (χ4v) is 1.34. The van der Waals surface area contributed by atoms with Crippen LogP contribution in [0.1, 0.15) is 5.56 Å². The summed E-state index contributed by atoms with van der Waals surface area (Å²) in [4.78, 5) is 13.2. The number of rotatable bonds is 2. The van der Waals surface area contributed by atoms with E-state index in [2.05, 4.69) is 20.9 Å². The minimum Gasteiger partial charge on any atom is -0.234 e. The normalized spacial score (nSPS) is 11.2. The Morgan fingerprint density at radius 2 is 2.13 bits per heavy atom. The lowest BCUT2D eigenvalue weighted by atomic mass is 10.3. The predicted octanol–water partition coefficient (Wildman–Crippen LogP) is 2.47. The lowest BCUT2D eigenvalue weighted by molar-refractivity contribution is -0.445. The zero-order chi connectivity index (χ0) is 11.6. The lowest BCUT2D eigenvalue weighted by Gasteiger charge is -2.08. The number of anilines is 1. The van der Waals surface area contributed by atoms with Crippen LogP contribution in [-0.2, 0) is 6.18 Å². The molecule has 0 bridgehead atoms. The number of alkyl halides is 3. The summed E-state index contributed by atoms with van der Waals surface area (Å²) in [6.07, 6.45) is -4.03. The molecular formula is C6H3BrF3N3O2. The SMILES string of the molecule is O=[N+]([O-])Nc1cc(Br)c(C(F)(F)F)cn1. The zero-order valence-electron chi connectivity index (χ0n) is 6.88. The second-order valence-corrected chi connectivity index (χ2v) is 3.27. The number of hydrazine groups is 1. The van der Waals surface area contributed by atoms with Crippen molar-refractivity contribution in [2.75, 3.05) is 5.43 Å². The van der Waals surface area contributed by atoms with Crippen molar-refractivity contribution in [1.29, 1.82) is 0 Å². The Hall–Kier alpha value is -1.38. The second kappa shape index (κ2) is 4.01. The smallest absolute Gasteiger partial charge is 0.234 e. The summed E-state index contributed by atoms with van der Waals surface area (Å²) in [5.74, 6) is -0.278. The van der Waals surface area contributed by atoms with Gasteiger partial charge in [-0.1, -0.05) is 5.43 Å². The first-order valence-corrected chi connectivity index (χ1v) is 4.24. The summed E-state index contributed by atoms with van der Waals surface area (Å²) < 4.78 is 36.3. The first-order chi connectivity index (χ1) is 6.80. The van der Waals surface area contributed by atoms with Crippen molar-refractivity contribution in [2.24, 2.45) is 0 Å². The highest BCUT2D eigenvalue weighted by molar-refractivity contribution is 9.10. The van der Waals surface area contributed by atoms with Crippen molar-refractivity contribution in [2.45, 2.75) is 6.18 Å². The molecule has 0 unspecified atom stereocenters. The molecule has 1 rings (SSSR count). The Morgan fingerprint density at radius 3 is 2.53 bits per heavy atom. The number of hydrogen-bond acceptors (Lipinski definition) is 3. The molecule has 0 spiro atoms. The minimum atomic E-state index is -4.54.